The standard InChI is InChI=1S/C10H12O2/c1-10(5-4-8(11)7-10)9-3-2-6-12-9/h2-3,6H,4-5,7H2,1H3. The zero-order valence-electron chi connectivity index (χ0n) is 7.17. The Bertz CT molecular complexity index is 287. The van der Waals surface area contributed by atoms with Crippen molar-refractivity contribution >= 4 is 5.78 Å². The molecular formula is C10H12O2. The van der Waals surface area contributed by atoms with Gasteiger partial charge in [0, 0.05) is 18.3 Å². The minimum absolute atomic E-state index is 0.0272. The van der Waals surface area contributed by atoms with E-state index < -0.39 is 0 Å². The summed E-state index contributed by atoms with van der Waals surface area (Å²) in [5.41, 5.74) is -0.0272. The van der Waals surface area contributed by atoms with E-state index in [1.807, 2.05) is 12.1 Å². The Balaban J connectivity index is 2.28. The normalized spacial score (nSPS) is 29.6. The van der Waals surface area contributed by atoms with E-state index in [1.165, 1.54) is 0 Å². The molecule has 1 aliphatic rings. The third-order valence-electron chi connectivity index (χ3n) is 2.66. The lowest BCUT2D eigenvalue weighted by Gasteiger charge is -2.18. The third-order valence-corrected chi connectivity index (χ3v) is 2.66. The molecule has 0 aromatic carbocycles. The van der Waals surface area contributed by atoms with Crippen LogP contribution in [0.5, 0.6) is 0 Å². The molecule has 1 unspecified atom stereocenters. The van der Waals surface area contributed by atoms with Gasteiger partial charge < -0.3 is 4.42 Å². The number of hydrogen-bond acceptors (Lipinski definition) is 2. The average Bonchev–Trinajstić information content (AvgIpc) is 2.59. The van der Waals surface area contributed by atoms with Crippen molar-refractivity contribution in [2.24, 2.45) is 0 Å². The van der Waals surface area contributed by atoms with Crippen molar-refractivity contribution < 1.29 is 9.21 Å². The molecular weight excluding hydrogens is 152 g/mol. The summed E-state index contributed by atoms with van der Waals surface area (Å²) in [6.07, 6.45) is 3.94. The molecule has 0 radical (unpaired) electrons. The maximum absolute atomic E-state index is 11.1. The fraction of sp³-hybridized carbons (Fsp3) is 0.500. The molecule has 1 saturated carbocycles. The van der Waals surface area contributed by atoms with Gasteiger partial charge in [0.1, 0.15) is 11.5 Å². The summed E-state index contributed by atoms with van der Waals surface area (Å²) in [5.74, 6) is 1.31. The summed E-state index contributed by atoms with van der Waals surface area (Å²) in [4.78, 5) is 11.1. The van der Waals surface area contributed by atoms with Crippen LogP contribution in [0.3, 0.4) is 0 Å². The van der Waals surface area contributed by atoms with E-state index in [-0.39, 0.29) is 5.41 Å². The van der Waals surface area contributed by atoms with Gasteiger partial charge in [0.05, 0.1) is 6.26 Å². The molecule has 1 aliphatic carbocycles. The predicted octanol–water partition coefficient (Wildman–Crippen LogP) is 2.29. The smallest absolute Gasteiger partial charge is 0.133 e. The summed E-state index contributed by atoms with van der Waals surface area (Å²) in [6.45, 7) is 2.09. The Hall–Kier alpha value is -1.05. The number of rotatable bonds is 1. The van der Waals surface area contributed by atoms with Crippen LogP contribution in [0.15, 0.2) is 22.8 Å². The van der Waals surface area contributed by atoms with Crippen LogP contribution in [0.4, 0.5) is 0 Å². The molecule has 0 spiro atoms. The molecule has 0 amide bonds. The summed E-state index contributed by atoms with van der Waals surface area (Å²) in [6, 6.07) is 3.84. The predicted molar refractivity (Wildman–Crippen MR) is 44.9 cm³/mol. The van der Waals surface area contributed by atoms with Gasteiger partial charge in [0.2, 0.25) is 0 Å². The highest BCUT2D eigenvalue weighted by atomic mass is 16.3. The lowest BCUT2D eigenvalue weighted by molar-refractivity contribution is -0.117. The first-order valence-corrected chi connectivity index (χ1v) is 4.26. The topological polar surface area (TPSA) is 30.2 Å². The summed E-state index contributed by atoms with van der Waals surface area (Å²) in [7, 11) is 0. The highest BCUT2D eigenvalue weighted by Gasteiger charge is 2.37. The van der Waals surface area contributed by atoms with E-state index in [1.54, 1.807) is 6.26 Å². The maximum Gasteiger partial charge on any atom is 0.133 e. The van der Waals surface area contributed by atoms with E-state index in [4.69, 9.17) is 4.42 Å². The van der Waals surface area contributed by atoms with Gasteiger partial charge in [-0.2, -0.15) is 0 Å². The molecule has 0 aliphatic heterocycles. The van der Waals surface area contributed by atoms with Crippen LogP contribution in [0, 0.1) is 0 Å². The number of carbonyl (C=O) groups excluding carboxylic acids is 1. The van der Waals surface area contributed by atoms with Crippen molar-refractivity contribution in [3.8, 4) is 0 Å². The van der Waals surface area contributed by atoms with Crippen LogP contribution in [0.2, 0.25) is 0 Å². The van der Waals surface area contributed by atoms with Gasteiger partial charge >= 0.3 is 0 Å². The first-order chi connectivity index (χ1) is 5.71. The quantitative estimate of drug-likeness (QED) is 0.637. The van der Waals surface area contributed by atoms with Crippen molar-refractivity contribution in [3.05, 3.63) is 24.2 Å². The zero-order valence-corrected chi connectivity index (χ0v) is 7.17. The molecule has 2 heteroatoms. The van der Waals surface area contributed by atoms with Gasteiger partial charge in [-0.25, -0.2) is 0 Å². The Kier molecular flexibility index (Phi) is 1.56. The second-order valence-corrected chi connectivity index (χ2v) is 3.75. The summed E-state index contributed by atoms with van der Waals surface area (Å²) >= 11 is 0. The molecule has 1 aromatic heterocycles. The number of furan rings is 1. The summed E-state index contributed by atoms with van der Waals surface area (Å²) < 4.78 is 5.32. The first kappa shape index (κ1) is 7.59. The van der Waals surface area contributed by atoms with Gasteiger partial charge in [-0.05, 0) is 18.6 Å². The monoisotopic (exact) mass is 164 g/mol. The largest absolute Gasteiger partial charge is 0.469 e. The molecule has 1 fully saturated rings. The average molecular weight is 164 g/mol. The van der Waals surface area contributed by atoms with E-state index in [0.717, 1.165) is 12.2 Å². The van der Waals surface area contributed by atoms with E-state index in [0.29, 0.717) is 18.6 Å². The second kappa shape index (κ2) is 2.47. The van der Waals surface area contributed by atoms with Crippen LogP contribution in [-0.2, 0) is 10.2 Å². The molecule has 1 atom stereocenters. The molecule has 12 heavy (non-hydrogen) atoms. The van der Waals surface area contributed by atoms with Gasteiger partial charge in [-0.1, -0.05) is 6.92 Å². The van der Waals surface area contributed by atoms with E-state index in [2.05, 4.69) is 6.92 Å². The summed E-state index contributed by atoms with van der Waals surface area (Å²) in [5, 5.41) is 0. The van der Waals surface area contributed by atoms with E-state index in [9.17, 15) is 4.79 Å². The number of carbonyl (C=O) groups is 1. The highest BCUT2D eigenvalue weighted by molar-refractivity contribution is 5.82. The molecule has 1 heterocycles. The second-order valence-electron chi connectivity index (χ2n) is 3.75. The van der Waals surface area contributed by atoms with Crippen LogP contribution in [0.25, 0.3) is 0 Å². The Morgan fingerprint density at radius 1 is 1.58 bits per heavy atom. The fourth-order valence-corrected chi connectivity index (χ4v) is 1.86. The van der Waals surface area contributed by atoms with Gasteiger partial charge in [-0.15, -0.1) is 0 Å². The van der Waals surface area contributed by atoms with Gasteiger partial charge in [0.25, 0.3) is 0 Å². The Morgan fingerprint density at radius 2 is 2.42 bits per heavy atom. The van der Waals surface area contributed by atoms with Gasteiger partial charge in [0.15, 0.2) is 0 Å². The molecule has 64 valence electrons. The molecule has 0 saturated heterocycles. The Labute approximate surface area is 71.6 Å². The Morgan fingerprint density at radius 3 is 2.92 bits per heavy atom. The molecule has 0 N–H and O–H groups in total. The van der Waals surface area contributed by atoms with Crippen molar-refractivity contribution in [1.82, 2.24) is 0 Å². The molecule has 1 aromatic rings. The van der Waals surface area contributed by atoms with Gasteiger partial charge in [-0.3, -0.25) is 4.79 Å². The highest BCUT2D eigenvalue weighted by Crippen LogP contribution is 2.38. The fourth-order valence-electron chi connectivity index (χ4n) is 1.86. The maximum atomic E-state index is 11.1. The lowest BCUT2D eigenvalue weighted by Crippen LogP contribution is -2.16. The number of hydrogen-bond donors (Lipinski definition) is 0. The SMILES string of the molecule is CC1(c2ccco2)CCC(=O)C1. The van der Waals surface area contributed by atoms with Crippen LogP contribution < -0.4 is 0 Å². The number of Topliss-reactive ketones (excluding diaryl/α,β-unsaturated/α-hetero) is 1. The van der Waals surface area contributed by atoms with E-state index >= 15 is 0 Å². The van der Waals surface area contributed by atoms with Crippen molar-refractivity contribution in [2.45, 2.75) is 31.6 Å². The lowest BCUT2D eigenvalue weighted by atomic mass is 9.86. The third kappa shape index (κ3) is 1.07. The molecule has 0 bridgehead atoms. The molecule has 2 nitrogen and oxygen atoms in total. The first-order valence-electron chi connectivity index (χ1n) is 4.26. The van der Waals surface area contributed by atoms with Crippen LogP contribution in [-0.4, -0.2) is 5.78 Å². The molecule has 2 rings (SSSR count). The zero-order chi connectivity index (χ0) is 8.60. The van der Waals surface area contributed by atoms with Crippen molar-refractivity contribution in [1.29, 1.82) is 0 Å². The van der Waals surface area contributed by atoms with Crippen molar-refractivity contribution in [3.63, 3.8) is 0 Å². The van der Waals surface area contributed by atoms with Crippen LogP contribution >= 0.6 is 0 Å². The van der Waals surface area contributed by atoms with Crippen molar-refractivity contribution in [2.75, 3.05) is 0 Å². The minimum atomic E-state index is -0.0272. The van der Waals surface area contributed by atoms with Crippen LogP contribution in [0.1, 0.15) is 31.9 Å². The number of ketones is 1. The minimum Gasteiger partial charge on any atom is -0.469 e.